The molecule has 0 heterocycles. The molecule has 0 aromatic heterocycles. The molecule has 2 N–H and O–H groups in total. The van der Waals surface area contributed by atoms with Gasteiger partial charge in [0.15, 0.2) is 0 Å². The van der Waals surface area contributed by atoms with E-state index in [1.165, 1.54) is 45.1 Å². The monoisotopic (exact) mass is 304 g/mol. The van der Waals surface area contributed by atoms with Gasteiger partial charge in [0.05, 0.1) is 5.56 Å². The van der Waals surface area contributed by atoms with Crippen LogP contribution in [0.3, 0.4) is 0 Å². The lowest BCUT2D eigenvalue weighted by atomic mass is 9.94. The van der Waals surface area contributed by atoms with Crippen LogP contribution in [0, 0.1) is 0 Å². The summed E-state index contributed by atoms with van der Waals surface area (Å²) in [4.78, 5) is 24.8. The first kappa shape index (κ1) is 16.5. The van der Waals surface area contributed by atoms with Crippen LogP contribution < -0.4 is 5.32 Å². The molecule has 5 heteroatoms. The van der Waals surface area contributed by atoms with Crippen LogP contribution in [0.25, 0.3) is 0 Å². The maximum Gasteiger partial charge on any atom is 0.335 e. The van der Waals surface area contributed by atoms with Crippen molar-refractivity contribution in [3.05, 3.63) is 29.3 Å². The highest BCUT2D eigenvalue weighted by Gasteiger charge is 2.19. The lowest BCUT2D eigenvalue weighted by Crippen LogP contribution is -2.33. The number of nitrogens with one attached hydrogen (secondary N) is 1. The fourth-order valence-corrected chi connectivity index (χ4v) is 3.09. The van der Waals surface area contributed by atoms with Gasteiger partial charge in [-0.2, -0.15) is 0 Å². The Hall–Kier alpha value is -1.88. The predicted octanol–water partition coefficient (Wildman–Crippen LogP) is 3.11. The van der Waals surface area contributed by atoms with Crippen LogP contribution in [-0.2, 0) is 11.3 Å². The van der Waals surface area contributed by atoms with Crippen molar-refractivity contribution in [2.75, 3.05) is 12.4 Å². The van der Waals surface area contributed by atoms with Crippen LogP contribution in [-0.4, -0.2) is 35.0 Å². The maximum absolute atomic E-state index is 11.3. The average Bonchev–Trinajstić information content (AvgIpc) is 2.49. The molecule has 0 saturated heterocycles. The quantitative estimate of drug-likeness (QED) is 0.877. The molecular formula is C17H24N2O3. The third kappa shape index (κ3) is 4.31. The molecule has 1 saturated carbocycles. The zero-order valence-corrected chi connectivity index (χ0v) is 13.3. The SMILES string of the molecule is CC(=O)Nc1ccc(C(=O)O)cc1CN(C)C1CCCCC1. The van der Waals surface area contributed by atoms with Gasteiger partial charge >= 0.3 is 5.97 Å². The summed E-state index contributed by atoms with van der Waals surface area (Å²) in [6.07, 6.45) is 6.18. The number of benzene rings is 1. The smallest absolute Gasteiger partial charge is 0.335 e. The van der Waals surface area contributed by atoms with E-state index in [4.69, 9.17) is 5.11 Å². The molecule has 0 atom stereocenters. The van der Waals surface area contributed by atoms with E-state index in [0.717, 1.165) is 5.56 Å². The lowest BCUT2D eigenvalue weighted by molar-refractivity contribution is -0.114. The molecule has 0 radical (unpaired) electrons. The first-order chi connectivity index (χ1) is 10.5. The molecule has 0 bridgehead atoms. The van der Waals surface area contributed by atoms with Crippen molar-refractivity contribution in [1.82, 2.24) is 4.90 Å². The van der Waals surface area contributed by atoms with E-state index >= 15 is 0 Å². The van der Waals surface area contributed by atoms with E-state index < -0.39 is 5.97 Å². The number of anilines is 1. The summed E-state index contributed by atoms with van der Waals surface area (Å²) >= 11 is 0. The summed E-state index contributed by atoms with van der Waals surface area (Å²) in [5.41, 5.74) is 1.80. The van der Waals surface area contributed by atoms with E-state index in [1.807, 2.05) is 0 Å². The second kappa shape index (κ2) is 7.40. The number of amides is 1. The predicted molar refractivity (Wildman–Crippen MR) is 86.0 cm³/mol. The zero-order chi connectivity index (χ0) is 16.1. The van der Waals surface area contributed by atoms with Crippen LogP contribution in [0.2, 0.25) is 0 Å². The molecule has 1 aromatic rings. The highest BCUT2D eigenvalue weighted by Crippen LogP contribution is 2.25. The summed E-state index contributed by atoms with van der Waals surface area (Å²) in [7, 11) is 2.07. The van der Waals surface area contributed by atoms with E-state index in [-0.39, 0.29) is 11.5 Å². The van der Waals surface area contributed by atoms with Gasteiger partial charge in [0.2, 0.25) is 5.91 Å². The van der Waals surface area contributed by atoms with Gasteiger partial charge in [-0.25, -0.2) is 4.79 Å². The van der Waals surface area contributed by atoms with E-state index in [1.54, 1.807) is 12.1 Å². The van der Waals surface area contributed by atoms with Crippen molar-refractivity contribution < 1.29 is 14.7 Å². The molecule has 1 amide bonds. The molecule has 22 heavy (non-hydrogen) atoms. The van der Waals surface area contributed by atoms with E-state index in [9.17, 15) is 9.59 Å². The highest BCUT2D eigenvalue weighted by atomic mass is 16.4. The van der Waals surface area contributed by atoms with Gasteiger partial charge in [-0.1, -0.05) is 19.3 Å². The van der Waals surface area contributed by atoms with Gasteiger partial charge < -0.3 is 10.4 Å². The fraction of sp³-hybridized carbons (Fsp3) is 0.529. The van der Waals surface area contributed by atoms with Gasteiger partial charge in [-0.05, 0) is 43.7 Å². The van der Waals surface area contributed by atoms with Gasteiger partial charge in [0.25, 0.3) is 0 Å². The van der Waals surface area contributed by atoms with Gasteiger partial charge in [-0.15, -0.1) is 0 Å². The topological polar surface area (TPSA) is 69.6 Å². The summed E-state index contributed by atoms with van der Waals surface area (Å²) < 4.78 is 0. The molecule has 0 spiro atoms. The molecule has 1 aliphatic carbocycles. The number of carboxylic acid groups (broad SMARTS) is 1. The van der Waals surface area contributed by atoms with Crippen molar-refractivity contribution in [3.8, 4) is 0 Å². The molecule has 0 aliphatic heterocycles. The van der Waals surface area contributed by atoms with Gasteiger partial charge in [0.1, 0.15) is 0 Å². The molecule has 1 fully saturated rings. The second-order valence-corrected chi connectivity index (χ2v) is 6.07. The lowest BCUT2D eigenvalue weighted by Gasteiger charge is -2.31. The zero-order valence-electron chi connectivity index (χ0n) is 13.3. The third-order valence-electron chi connectivity index (χ3n) is 4.28. The van der Waals surface area contributed by atoms with Crippen LogP contribution in [0.4, 0.5) is 5.69 Å². The van der Waals surface area contributed by atoms with Crippen molar-refractivity contribution >= 4 is 17.6 Å². The van der Waals surface area contributed by atoms with Crippen molar-refractivity contribution in [3.63, 3.8) is 0 Å². The van der Waals surface area contributed by atoms with Crippen LogP contribution in [0.1, 0.15) is 54.9 Å². The Labute approximate surface area is 131 Å². The first-order valence-electron chi connectivity index (χ1n) is 7.81. The number of nitrogens with zero attached hydrogens (tertiary/aromatic N) is 1. The van der Waals surface area contributed by atoms with Crippen molar-refractivity contribution in [2.24, 2.45) is 0 Å². The third-order valence-corrected chi connectivity index (χ3v) is 4.28. The Morgan fingerprint density at radius 3 is 2.55 bits per heavy atom. The number of carbonyl (C=O) groups is 2. The first-order valence-corrected chi connectivity index (χ1v) is 7.81. The van der Waals surface area contributed by atoms with Crippen molar-refractivity contribution in [1.29, 1.82) is 0 Å². The highest BCUT2D eigenvalue weighted by molar-refractivity contribution is 5.92. The molecule has 5 nitrogen and oxygen atoms in total. The number of carbonyl (C=O) groups excluding carboxylic acids is 1. The van der Waals surface area contributed by atoms with Crippen molar-refractivity contribution in [2.45, 2.75) is 51.6 Å². The average molecular weight is 304 g/mol. The molecule has 1 aliphatic rings. The largest absolute Gasteiger partial charge is 0.478 e. The van der Waals surface area contributed by atoms with Crippen LogP contribution >= 0.6 is 0 Å². The summed E-state index contributed by atoms with van der Waals surface area (Å²) in [6.45, 7) is 2.10. The minimum atomic E-state index is -0.948. The summed E-state index contributed by atoms with van der Waals surface area (Å²) in [6, 6.07) is 5.40. The van der Waals surface area contributed by atoms with E-state index in [0.29, 0.717) is 18.3 Å². The second-order valence-electron chi connectivity index (χ2n) is 6.07. The Morgan fingerprint density at radius 1 is 1.27 bits per heavy atom. The van der Waals surface area contributed by atoms with Crippen LogP contribution in [0.5, 0.6) is 0 Å². The fourth-order valence-electron chi connectivity index (χ4n) is 3.09. The summed E-state index contributed by atoms with van der Waals surface area (Å²) in [5, 5.41) is 12.0. The minimum absolute atomic E-state index is 0.148. The van der Waals surface area contributed by atoms with Crippen LogP contribution in [0.15, 0.2) is 18.2 Å². The Morgan fingerprint density at radius 2 is 1.95 bits per heavy atom. The number of aromatic carboxylic acids is 1. The Kier molecular flexibility index (Phi) is 5.55. The molecular weight excluding hydrogens is 280 g/mol. The standard InChI is InChI=1S/C17H24N2O3/c1-12(20)18-16-9-8-13(17(21)22)10-14(16)11-19(2)15-6-4-3-5-7-15/h8-10,15H,3-7,11H2,1-2H3,(H,18,20)(H,21,22). The van der Waals surface area contributed by atoms with Gasteiger partial charge in [-0.3, -0.25) is 9.69 Å². The Bertz CT molecular complexity index is 551. The minimum Gasteiger partial charge on any atom is -0.478 e. The number of hydrogen-bond donors (Lipinski definition) is 2. The number of hydrogen-bond acceptors (Lipinski definition) is 3. The number of carboxylic acids is 1. The number of rotatable bonds is 5. The maximum atomic E-state index is 11.3. The van der Waals surface area contributed by atoms with E-state index in [2.05, 4.69) is 17.3 Å². The van der Waals surface area contributed by atoms with Gasteiger partial charge in [0, 0.05) is 25.2 Å². The molecule has 2 rings (SSSR count). The molecule has 1 aromatic carbocycles. The molecule has 0 unspecified atom stereocenters. The Balaban J connectivity index is 2.19. The summed E-state index contributed by atoms with van der Waals surface area (Å²) in [5.74, 6) is -1.10. The normalized spacial score (nSPS) is 15.8. The molecule has 120 valence electrons.